The third-order valence-corrected chi connectivity index (χ3v) is 5.02. The van der Waals surface area contributed by atoms with Crippen LogP contribution in [0.25, 0.3) is 10.9 Å². The molecule has 1 fully saturated rings. The van der Waals surface area contributed by atoms with Crippen LogP contribution in [0.1, 0.15) is 24.1 Å². The molecule has 6 heteroatoms. The van der Waals surface area contributed by atoms with Crippen LogP contribution in [-0.4, -0.2) is 34.3 Å². The van der Waals surface area contributed by atoms with Crippen LogP contribution in [-0.2, 0) is 6.61 Å². The Morgan fingerprint density at radius 3 is 3.00 bits per heavy atom. The Morgan fingerprint density at radius 1 is 1.30 bits per heavy atom. The van der Waals surface area contributed by atoms with E-state index in [9.17, 15) is 9.50 Å². The van der Waals surface area contributed by atoms with Crippen molar-refractivity contribution in [3.05, 3.63) is 59.8 Å². The lowest BCUT2D eigenvalue weighted by molar-refractivity contribution is 0.266. The smallest absolute Gasteiger partial charge is 0.219 e. The number of nitrogens with zero attached hydrogens (tertiary/aromatic N) is 3. The molecule has 1 atom stereocenters. The monoisotopic (exact) mass is 367 g/mol. The Morgan fingerprint density at radius 2 is 2.19 bits per heavy atom. The Balaban J connectivity index is 1.64. The average Bonchev–Trinajstić information content (AvgIpc) is 3.15. The van der Waals surface area contributed by atoms with Crippen LogP contribution in [0.3, 0.4) is 0 Å². The zero-order chi connectivity index (χ0) is 18.8. The summed E-state index contributed by atoms with van der Waals surface area (Å²) in [4.78, 5) is 10.5. The van der Waals surface area contributed by atoms with E-state index in [1.54, 1.807) is 12.1 Å². The van der Waals surface area contributed by atoms with Gasteiger partial charge in [-0.3, -0.25) is 4.98 Å². The number of aliphatic hydroxyl groups is 1. The summed E-state index contributed by atoms with van der Waals surface area (Å²) in [5.74, 6) is 0.119. The number of fused-ring (bicyclic) bond motifs is 1. The molecule has 0 saturated carbocycles. The molecule has 1 saturated heterocycles. The molecule has 1 aliphatic rings. The van der Waals surface area contributed by atoms with E-state index in [4.69, 9.17) is 4.74 Å². The molecule has 3 heterocycles. The highest BCUT2D eigenvalue weighted by Crippen LogP contribution is 2.34. The molecule has 140 valence electrons. The number of benzene rings is 1. The molecule has 0 bridgehead atoms. The largest absolute Gasteiger partial charge is 0.489 e. The summed E-state index contributed by atoms with van der Waals surface area (Å²) in [6, 6.07) is 11.3. The Bertz CT molecular complexity index is 963. The molecule has 1 N–H and O–H groups in total. The maximum atomic E-state index is 13.7. The number of hydrogen-bond acceptors (Lipinski definition) is 5. The molecule has 5 nitrogen and oxygen atoms in total. The Hall–Kier alpha value is -2.73. The highest BCUT2D eigenvalue weighted by Gasteiger charge is 2.25. The number of pyridine rings is 2. The number of ether oxygens (including phenoxy) is 1. The highest BCUT2D eigenvalue weighted by molar-refractivity contribution is 5.93. The minimum absolute atomic E-state index is 0.114. The fourth-order valence-electron chi connectivity index (χ4n) is 3.68. The summed E-state index contributed by atoms with van der Waals surface area (Å²) in [7, 11) is 0. The van der Waals surface area contributed by atoms with E-state index in [1.807, 2.05) is 25.1 Å². The minimum Gasteiger partial charge on any atom is -0.489 e. The molecular formula is C21H22FN3O2. The van der Waals surface area contributed by atoms with Crippen molar-refractivity contribution in [1.82, 2.24) is 9.97 Å². The SMILES string of the molecule is Cc1cc(N2CCC[C@H]2CO)c2ccc(OCc3cccnc3F)cc2n1. The molecule has 0 amide bonds. The van der Waals surface area contributed by atoms with Gasteiger partial charge in [-0.2, -0.15) is 4.39 Å². The van der Waals surface area contributed by atoms with E-state index in [-0.39, 0.29) is 19.3 Å². The molecule has 1 aromatic carbocycles. The van der Waals surface area contributed by atoms with Gasteiger partial charge >= 0.3 is 0 Å². The van der Waals surface area contributed by atoms with Crippen LogP contribution in [0, 0.1) is 12.9 Å². The second-order valence-corrected chi connectivity index (χ2v) is 6.88. The van der Waals surface area contributed by atoms with Crippen LogP contribution in [0.5, 0.6) is 5.75 Å². The molecule has 3 aromatic rings. The fourth-order valence-corrected chi connectivity index (χ4v) is 3.68. The van der Waals surface area contributed by atoms with Crippen molar-refractivity contribution in [1.29, 1.82) is 0 Å². The van der Waals surface area contributed by atoms with Gasteiger partial charge in [-0.15, -0.1) is 0 Å². The first-order valence-corrected chi connectivity index (χ1v) is 9.17. The third-order valence-electron chi connectivity index (χ3n) is 5.02. The lowest BCUT2D eigenvalue weighted by atomic mass is 10.1. The van der Waals surface area contributed by atoms with Gasteiger partial charge < -0.3 is 14.7 Å². The van der Waals surface area contributed by atoms with Crippen LogP contribution < -0.4 is 9.64 Å². The van der Waals surface area contributed by atoms with Gasteiger partial charge in [0.05, 0.1) is 18.2 Å². The Labute approximate surface area is 157 Å². The maximum absolute atomic E-state index is 13.7. The number of aryl methyl sites for hydroxylation is 1. The van der Waals surface area contributed by atoms with Crippen molar-refractivity contribution in [3.8, 4) is 5.75 Å². The summed E-state index contributed by atoms with van der Waals surface area (Å²) in [5, 5.41) is 10.7. The van der Waals surface area contributed by atoms with Gasteiger partial charge in [0.25, 0.3) is 0 Å². The summed E-state index contributed by atoms with van der Waals surface area (Å²) >= 11 is 0. The van der Waals surface area contributed by atoms with Crippen LogP contribution in [0.2, 0.25) is 0 Å². The number of hydrogen-bond donors (Lipinski definition) is 1. The summed E-state index contributed by atoms with van der Waals surface area (Å²) in [6.45, 7) is 3.16. The molecule has 0 aliphatic carbocycles. The first-order chi connectivity index (χ1) is 13.2. The van der Waals surface area contributed by atoms with Gasteiger partial charge in [-0.05, 0) is 50.1 Å². The van der Waals surface area contributed by atoms with E-state index < -0.39 is 5.95 Å². The molecular weight excluding hydrogens is 345 g/mol. The molecule has 0 unspecified atom stereocenters. The summed E-state index contributed by atoms with van der Waals surface area (Å²) in [5.41, 5.74) is 3.26. The lowest BCUT2D eigenvalue weighted by Gasteiger charge is -2.27. The molecule has 0 spiro atoms. The standard InChI is InChI=1S/C21H22FN3O2/c1-14-10-20(25-9-3-5-16(25)12-26)18-7-6-17(11-19(18)24-14)27-13-15-4-2-8-23-21(15)22/h2,4,6-8,10-11,16,26H,3,5,9,12-13H2,1H3/t16-/m0/s1. The second kappa shape index (κ2) is 7.48. The molecule has 4 rings (SSSR count). The van der Waals surface area contributed by atoms with E-state index in [2.05, 4.69) is 20.9 Å². The maximum Gasteiger partial charge on any atom is 0.219 e. The van der Waals surface area contributed by atoms with E-state index >= 15 is 0 Å². The fraction of sp³-hybridized carbons (Fsp3) is 0.333. The first-order valence-electron chi connectivity index (χ1n) is 9.17. The lowest BCUT2D eigenvalue weighted by Crippen LogP contribution is -2.32. The number of aromatic nitrogens is 2. The normalized spacial score (nSPS) is 16.9. The number of rotatable bonds is 5. The van der Waals surface area contributed by atoms with Crippen molar-refractivity contribution in [2.75, 3.05) is 18.1 Å². The minimum atomic E-state index is -0.515. The predicted octanol–water partition coefficient (Wildman–Crippen LogP) is 3.62. The summed E-state index contributed by atoms with van der Waals surface area (Å²) < 4.78 is 19.4. The zero-order valence-corrected chi connectivity index (χ0v) is 15.2. The van der Waals surface area contributed by atoms with Crippen LogP contribution in [0.15, 0.2) is 42.6 Å². The Kier molecular flexibility index (Phi) is 4.90. The van der Waals surface area contributed by atoms with Crippen molar-refractivity contribution in [3.63, 3.8) is 0 Å². The third kappa shape index (κ3) is 3.57. The molecule has 0 radical (unpaired) electrons. The van der Waals surface area contributed by atoms with Crippen molar-refractivity contribution in [2.24, 2.45) is 0 Å². The van der Waals surface area contributed by atoms with E-state index in [1.165, 1.54) is 6.20 Å². The van der Waals surface area contributed by atoms with E-state index in [0.717, 1.165) is 41.7 Å². The quantitative estimate of drug-likeness (QED) is 0.698. The average molecular weight is 367 g/mol. The second-order valence-electron chi connectivity index (χ2n) is 6.88. The van der Waals surface area contributed by atoms with Crippen LogP contribution >= 0.6 is 0 Å². The number of aliphatic hydroxyl groups excluding tert-OH is 1. The molecule has 2 aromatic heterocycles. The van der Waals surface area contributed by atoms with Gasteiger partial charge in [0, 0.05) is 41.1 Å². The highest BCUT2D eigenvalue weighted by atomic mass is 19.1. The van der Waals surface area contributed by atoms with Gasteiger partial charge in [0.1, 0.15) is 12.4 Å². The topological polar surface area (TPSA) is 58.5 Å². The van der Waals surface area contributed by atoms with Crippen LogP contribution in [0.4, 0.5) is 10.1 Å². The molecule has 1 aliphatic heterocycles. The molecule has 27 heavy (non-hydrogen) atoms. The van der Waals surface area contributed by atoms with Gasteiger partial charge in [0.15, 0.2) is 0 Å². The van der Waals surface area contributed by atoms with Crippen molar-refractivity contribution in [2.45, 2.75) is 32.4 Å². The van der Waals surface area contributed by atoms with Gasteiger partial charge in [-0.25, -0.2) is 4.98 Å². The van der Waals surface area contributed by atoms with E-state index in [0.29, 0.717) is 11.3 Å². The van der Waals surface area contributed by atoms with Crippen molar-refractivity contribution < 1.29 is 14.2 Å². The first kappa shape index (κ1) is 17.7. The van der Waals surface area contributed by atoms with Crippen molar-refractivity contribution >= 4 is 16.6 Å². The number of anilines is 1. The zero-order valence-electron chi connectivity index (χ0n) is 15.2. The number of halogens is 1. The van der Waals surface area contributed by atoms with Gasteiger partial charge in [0.2, 0.25) is 5.95 Å². The predicted molar refractivity (Wildman–Crippen MR) is 102 cm³/mol. The van der Waals surface area contributed by atoms with Gasteiger partial charge in [-0.1, -0.05) is 0 Å². The summed E-state index contributed by atoms with van der Waals surface area (Å²) in [6.07, 6.45) is 3.49.